The second kappa shape index (κ2) is 11.1. The predicted molar refractivity (Wildman–Crippen MR) is 139 cm³/mol. The number of thiophene rings is 1. The van der Waals surface area contributed by atoms with Crippen molar-refractivity contribution >= 4 is 51.3 Å². The van der Waals surface area contributed by atoms with E-state index in [9.17, 15) is 19.2 Å². The van der Waals surface area contributed by atoms with Gasteiger partial charge in [-0.15, -0.1) is 11.3 Å². The first-order valence-corrected chi connectivity index (χ1v) is 12.6. The average Bonchev–Trinajstić information content (AvgIpc) is 3.39. The highest BCUT2D eigenvalue weighted by molar-refractivity contribution is 8.14. The van der Waals surface area contributed by atoms with Crippen LogP contribution in [0.3, 0.4) is 0 Å². The lowest BCUT2D eigenvalue weighted by atomic mass is 9.82. The average molecular weight is 505 g/mol. The molecular weight excluding hydrogens is 483 g/mol. The summed E-state index contributed by atoms with van der Waals surface area (Å²) in [6.45, 7) is 1.73. The molecule has 2 amide bonds. The number of para-hydroxylation sites is 2. The second-order valence-electron chi connectivity index (χ2n) is 7.69. The van der Waals surface area contributed by atoms with Crippen LogP contribution in [0.4, 0.5) is 15.8 Å². The first-order chi connectivity index (χ1) is 17.0. The molecule has 1 aromatic heterocycles. The van der Waals surface area contributed by atoms with E-state index in [0.717, 1.165) is 16.6 Å². The zero-order chi connectivity index (χ0) is 24.8. The van der Waals surface area contributed by atoms with Crippen LogP contribution >= 0.6 is 23.1 Å². The third-order valence-corrected chi connectivity index (χ3v) is 7.35. The van der Waals surface area contributed by atoms with E-state index in [1.54, 1.807) is 31.2 Å². The third-order valence-electron chi connectivity index (χ3n) is 5.34. The van der Waals surface area contributed by atoms with Crippen molar-refractivity contribution in [3.8, 4) is 6.07 Å². The lowest BCUT2D eigenvalue weighted by Crippen LogP contribution is -2.31. The Morgan fingerprint density at radius 2 is 1.83 bits per heavy atom. The predicted octanol–water partition coefficient (Wildman–Crippen LogP) is 5.81. The minimum Gasteiger partial charge on any atom is -0.323 e. The van der Waals surface area contributed by atoms with Crippen LogP contribution in [0.5, 0.6) is 0 Å². The molecule has 3 aromatic rings. The quantitative estimate of drug-likeness (QED) is 0.443. The van der Waals surface area contributed by atoms with Gasteiger partial charge in [-0.1, -0.05) is 48.2 Å². The summed E-state index contributed by atoms with van der Waals surface area (Å²) >= 11 is 2.57. The van der Waals surface area contributed by atoms with Gasteiger partial charge in [-0.3, -0.25) is 9.59 Å². The summed E-state index contributed by atoms with van der Waals surface area (Å²) in [7, 11) is 0. The Labute approximate surface area is 210 Å². The number of anilines is 2. The van der Waals surface area contributed by atoms with Crippen molar-refractivity contribution in [1.82, 2.24) is 0 Å². The number of nitrogens with one attached hydrogen (secondary N) is 2. The fourth-order valence-corrected chi connectivity index (χ4v) is 5.56. The van der Waals surface area contributed by atoms with Crippen molar-refractivity contribution in [3.05, 3.63) is 94.1 Å². The number of hydrogen-bond donors (Lipinski definition) is 2. The van der Waals surface area contributed by atoms with Crippen molar-refractivity contribution in [2.75, 3.05) is 16.4 Å². The molecule has 2 atom stereocenters. The Bertz CT molecular complexity index is 1330. The molecule has 1 aliphatic rings. The summed E-state index contributed by atoms with van der Waals surface area (Å²) in [5.74, 6) is -2.60. The molecule has 0 radical (unpaired) electrons. The second-order valence-corrected chi connectivity index (χ2v) is 9.66. The van der Waals surface area contributed by atoms with Gasteiger partial charge < -0.3 is 10.6 Å². The molecule has 2 aromatic carbocycles. The van der Waals surface area contributed by atoms with E-state index in [0.29, 0.717) is 22.0 Å². The number of benzene rings is 2. The van der Waals surface area contributed by atoms with Crippen LogP contribution < -0.4 is 10.6 Å². The standard InChI is InChI=1S/C26H21FN4O2S2/c1-16-23(25(33)30-17-8-3-2-4-9-17)24(21-12-7-13-34-21)18(14-28)26(29-16)35-15-22(32)31-20-11-6-5-10-19(20)27/h2-13,18,24H,15H2,1H3,(H,30,33)(H,31,32). The van der Waals surface area contributed by atoms with E-state index in [1.165, 1.54) is 23.5 Å². The molecule has 4 rings (SSSR count). The van der Waals surface area contributed by atoms with Crippen LogP contribution in [0, 0.1) is 23.1 Å². The molecule has 1 aliphatic heterocycles. The summed E-state index contributed by atoms with van der Waals surface area (Å²) < 4.78 is 13.9. The molecule has 0 aliphatic carbocycles. The fourth-order valence-electron chi connectivity index (χ4n) is 3.77. The number of hydrogen-bond acceptors (Lipinski definition) is 6. The number of aliphatic imine (C=N–C) groups is 1. The molecule has 6 nitrogen and oxygen atoms in total. The van der Waals surface area contributed by atoms with Gasteiger partial charge in [0.2, 0.25) is 5.91 Å². The summed E-state index contributed by atoms with van der Waals surface area (Å²) in [5.41, 5.74) is 1.64. The maximum absolute atomic E-state index is 13.9. The zero-order valence-corrected chi connectivity index (χ0v) is 20.3. The van der Waals surface area contributed by atoms with E-state index in [4.69, 9.17) is 0 Å². The van der Waals surface area contributed by atoms with E-state index < -0.39 is 23.6 Å². The van der Waals surface area contributed by atoms with E-state index in [1.807, 2.05) is 35.7 Å². The molecule has 0 fully saturated rings. The maximum atomic E-state index is 13.9. The molecule has 35 heavy (non-hydrogen) atoms. The summed E-state index contributed by atoms with van der Waals surface area (Å²) in [5, 5.41) is 17.9. The molecule has 176 valence electrons. The van der Waals surface area contributed by atoms with Gasteiger partial charge in [-0.25, -0.2) is 9.38 Å². The summed E-state index contributed by atoms with van der Waals surface area (Å²) in [6, 6.07) is 21.1. The third kappa shape index (κ3) is 5.67. The normalized spacial score (nSPS) is 17.3. The van der Waals surface area contributed by atoms with Crippen LogP contribution in [0.25, 0.3) is 0 Å². The minimum absolute atomic E-state index is 0.0542. The molecule has 0 saturated heterocycles. The van der Waals surface area contributed by atoms with Gasteiger partial charge in [0.05, 0.1) is 22.6 Å². The number of carbonyl (C=O) groups excluding carboxylic acids is 2. The van der Waals surface area contributed by atoms with Crippen LogP contribution in [-0.2, 0) is 9.59 Å². The Balaban J connectivity index is 1.59. The molecule has 2 N–H and O–H groups in total. The van der Waals surface area contributed by atoms with Gasteiger partial charge >= 0.3 is 0 Å². The Kier molecular flexibility index (Phi) is 7.75. The SMILES string of the molecule is CC1=C(C(=O)Nc2ccccc2)C(c2cccs2)C(C#N)C(SCC(=O)Nc2ccccc2F)=N1. The van der Waals surface area contributed by atoms with Crippen LogP contribution in [0.1, 0.15) is 17.7 Å². The minimum atomic E-state index is -0.750. The highest BCUT2D eigenvalue weighted by atomic mass is 32.2. The van der Waals surface area contributed by atoms with Crippen LogP contribution in [0.15, 0.2) is 88.4 Å². The number of allylic oxidation sites excluding steroid dienone is 1. The van der Waals surface area contributed by atoms with E-state index >= 15 is 0 Å². The first-order valence-electron chi connectivity index (χ1n) is 10.7. The highest BCUT2D eigenvalue weighted by Crippen LogP contribution is 2.43. The van der Waals surface area contributed by atoms with Crippen LogP contribution in [0.2, 0.25) is 0 Å². The fraction of sp³-hybridized carbons (Fsp3) is 0.154. The number of nitrogens with zero attached hydrogens (tertiary/aromatic N) is 2. The number of halogens is 1. The van der Waals surface area contributed by atoms with Crippen molar-refractivity contribution in [3.63, 3.8) is 0 Å². The van der Waals surface area contributed by atoms with Crippen molar-refractivity contribution < 1.29 is 14.0 Å². The van der Waals surface area contributed by atoms with Gasteiger partial charge in [-0.05, 0) is 42.6 Å². The van der Waals surface area contributed by atoms with Gasteiger partial charge in [0, 0.05) is 27.8 Å². The highest BCUT2D eigenvalue weighted by Gasteiger charge is 2.39. The lowest BCUT2D eigenvalue weighted by Gasteiger charge is -2.29. The zero-order valence-electron chi connectivity index (χ0n) is 18.7. The molecular formula is C26H21FN4O2S2. The number of carbonyl (C=O) groups is 2. The smallest absolute Gasteiger partial charge is 0.254 e. The van der Waals surface area contributed by atoms with E-state index in [-0.39, 0.29) is 17.3 Å². The summed E-state index contributed by atoms with van der Waals surface area (Å²) in [4.78, 5) is 31.2. The molecule has 2 unspecified atom stereocenters. The topological polar surface area (TPSA) is 94.4 Å². The Morgan fingerprint density at radius 1 is 1.09 bits per heavy atom. The molecule has 2 heterocycles. The van der Waals surface area contributed by atoms with Gasteiger partial charge in [0.25, 0.3) is 5.91 Å². The number of nitriles is 1. The van der Waals surface area contributed by atoms with Crippen molar-refractivity contribution in [1.29, 1.82) is 5.26 Å². The Hall–Kier alpha value is -3.74. The van der Waals surface area contributed by atoms with Gasteiger partial charge in [-0.2, -0.15) is 5.26 Å². The number of amides is 2. The van der Waals surface area contributed by atoms with Crippen molar-refractivity contribution in [2.24, 2.45) is 10.9 Å². The van der Waals surface area contributed by atoms with Gasteiger partial charge in [0.15, 0.2) is 0 Å². The van der Waals surface area contributed by atoms with Crippen LogP contribution in [-0.4, -0.2) is 22.6 Å². The van der Waals surface area contributed by atoms with Crippen molar-refractivity contribution in [2.45, 2.75) is 12.8 Å². The number of rotatable bonds is 6. The molecule has 0 bridgehead atoms. The Morgan fingerprint density at radius 3 is 2.51 bits per heavy atom. The first kappa shape index (κ1) is 24.4. The molecule has 0 spiro atoms. The maximum Gasteiger partial charge on any atom is 0.254 e. The molecule has 9 heteroatoms. The largest absolute Gasteiger partial charge is 0.323 e. The number of thioether (sulfide) groups is 1. The van der Waals surface area contributed by atoms with E-state index in [2.05, 4.69) is 21.7 Å². The molecule has 0 saturated carbocycles. The summed E-state index contributed by atoms with van der Waals surface area (Å²) in [6.07, 6.45) is 0. The monoisotopic (exact) mass is 504 g/mol. The lowest BCUT2D eigenvalue weighted by molar-refractivity contribution is -0.114. The van der Waals surface area contributed by atoms with Gasteiger partial charge in [0.1, 0.15) is 11.7 Å².